The van der Waals surface area contributed by atoms with Crippen LogP contribution < -0.4 is 0 Å². The maximum Gasteiger partial charge on any atom is 0.416 e. The molecule has 1 atom stereocenters. The van der Waals surface area contributed by atoms with Crippen molar-refractivity contribution in [2.24, 2.45) is 0 Å². The fourth-order valence-corrected chi connectivity index (χ4v) is 1.56. The number of hydrogen-bond donors (Lipinski definition) is 0. The van der Waals surface area contributed by atoms with Crippen LogP contribution in [0.4, 0.5) is 13.2 Å². The summed E-state index contributed by atoms with van der Waals surface area (Å²) in [5.74, 6) is -0.278. The Morgan fingerprint density at radius 3 is 2.44 bits per heavy atom. The number of hydrogen-bond acceptors (Lipinski definition) is 1. The quantitative estimate of drug-likeness (QED) is 0.704. The molecule has 2 rings (SSSR count). The molecule has 16 heavy (non-hydrogen) atoms. The van der Waals surface area contributed by atoms with Gasteiger partial charge in [-0.25, -0.2) is 0 Å². The first-order valence-corrected chi connectivity index (χ1v) is 5.22. The molecule has 2 radical (unpaired) electrons. The highest BCUT2D eigenvalue weighted by Crippen LogP contribution is 2.41. The van der Waals surface area contributed by atoms with Crippen molar-refractivity contribution in [3.8, 4) is 0 Å². The molecule has 1 nitrogen and oxygen atoms in total. The summed E-state index contributed by atoms with van der Waals surface area (Å²) < 4.78 is 37.9. The first kappa shape index (κ1) is 11.5. The number of rotatable bonds is 2. The minimum Gasteiger partial charge on any atom is -0.258 e. The Hall–Kier alpha value is -0.995. The minimum absolute atomic E-state index is 0.194. The largest absolute Gasteiger partial charge is 0.416 e. The van der Waals surface area contributed by atoms with Gasteiger partial charge in [0.25, 0.3) is 0 Å². The van der Waals surface area contributed by atoms with Crippen molar-refractivity contribution >= 4 is 7.85 Å². The third-order valence-electron chi connectivity index (χ3n) is 2.65. The van der Waals surface area contributed by atoms with Crippen LogP contribution in [0, 0.1) is 0 Å². The van der Waals surface area contributed by atoms with Crippen LogP contribution >= 0.6 is 0 Å². The summed E-state index contributed by atoms with van der Waals surface area (Å²) in [5.41, 5.74) is 0.204. The van der Waals surface area contributed by atoms with Crippen LogP contribution in [0.3, 0.4) is 0 Å². The lowest BCUT2D eigenvalue weighted by atomic mass is 9.85. The van der Waals surface area contributed by atoms with E-state index in [0.29, 0.717) is 11.4 Å². The van der Waals surface area contributed by atoms with Crippen molar-refractivity contribution in [2.75, 3.05) is 0 Å². The van der Waals surface area contributed by atoms with Gasteiger partial charge in [-0.1, -0.05) is 6.92 Å². The molecule has 0 spiro atoms. The van der Waals surface area contributed by atoms with E-state index < -0.39 is 17.6 Å². The molecule has 0 amide bonds. The maximum absolute atomic E-state index is 12.6. The van der Waals surface area contributed by atoms with Gasteiger partial charge >= 0.3 is 6.18 Å². The molecule has 0 bridgehead atoms. The zero-order valence-corrected chi connectivity index (χ0v) is 8.88. The molecule has 1 heterocycles. The van der Waals surface area contributed by atoms with Crippen molar-refractivity contribution in [1.82, 2.24) is 4.98 Å². The summed E-state index contributed by atoms with van der Waals surface area (Å²) in [6.07, 6.45) is -2.48. The standard InChI is InChI=1S/C11H11BF3N/c1-6(12)9-4-8(11(13,14)15)5-10(16-9)7-2-3-7/h4-7H,2-3H2,1H3. The van der Waals surface area contributed by atoms with Gasteiger partial charge in [0, 0.05) is 17.3 Å². The molecule has 84 valence electrons. The Kier molecular flexibility index (Phi) is 2.72. The Bertz CT molecular complexity index is 376. The van der Waals surface area contributed by atoms with E-state index in [1.54, 1.807) is 6.92 Å². The molecular weight excluding hydrogens is 214 g/mol. The number of aromatic nitrogens is 1. The molecule has 0 aliphatic heterocycles. The molecule has 1 fully saturated rings. The van der Waals surface area contributed by atoms with Crippen molar-refractivity contribution in [3.05, 3.63) is 29.1 Å². The third-order valence-corrected chi connectivity index (χ3v) is 2.65. The molecule has 5 heteroatoms. The second-order valence-electron chi connectivity index (χ2n) is 4.27. The van der Waals surface area contributed by atoms with Crippen LogP contribution in [0.1, 0.15) is 48.5 Å². The van der Waals surface area contributed by atoms with E-state index in [-0.39, 0.29) is 5.92 Å². The summed E-state index contributed by atoms with van der Waals surface area (Å²) in [6.45, 7) is 1.64. The van der Waals surface area contributed by atoms with Crippen molar-refractivity contribution in [3.63, 3.8) is 0 Å². The lowest BCUT2D eigenvalue weighted by molar-refractivity contribution is -0.137. The predicted octanol–water partition coefficient (Wildman–Crippen LogP) is 3.21. The van der Waals surface area contributed by atoms with E-state index >= 15 is 0 Å². The Morgan fingerprint density at radius 1 is 1.38 bits per heavy atom. The number of pyridine rings is 1. The van der Waals surface area contributed by atoms with Crippen LogP contribution in [-0.2, 0) is 6.18 Å². The van der Waals surface area contributed by atoms with Crippen LogP contribution in [-0.4, -0.2) is 12.8 Å². The predicted molar refractivity (Wildman–Crippen MR) is 55.4 cm³/mol. The summed E-state index contributed by atoms with van der Waals surface area (Å²) in [4.78, 5) is 4.18. The summed E-state index contributed by atoms with van der Waals surface area (Å²) in [6, 6.07) is 2.18. The molecule has 1 aliphatic rings. The monoisotopic (exact) mass is 225 g/mol. The van der Waals surface area contributed by atoms with Gasteiger partial charge in [-0.05, 0) is 30.8 Å². The molecule has 1 saturated carbocycles. The van der Waals surface area contributed by atoms with Gasteiger partial charge in [-0.2, -0.15) is 13.2 Å². The second-order valence-corrected chi connectivity index (χ2v) is 4.27. The first-order chi connectivity index (χ1) is 7.38. The van der Waals surface area contributed by atoms with Crippen LogP contribution in [0.2, 0.25) is 0 Å². The molecule has 1 aromatic rings. The topological polar surface area (TPSA) is 12.9 Å². The first-order valence-electron chi connectivity index (χ1n) is 5.22. The number of alkyl halides is 3. The molecule has 1 aromatic heterocycles. The molecule has 0 saturated heterocycles. The highest BCUT2D eigenvalue weighted by Gasteiger charge is 2.34. The number of halogens is 3. The fraction of sp³-hybridized carbons (Fsp3) is 0.545. The van der Waals surface area contributed by atoms with E-state index in [2.05, 4.69) is 4.98 Å². The average Bonchev–Trinajstić information content (AvgIpc) is 2.98. The average molecular weight is 225 g/mol. The highest BCUT2D eigenvalue weighted by atomic mass is 19.4. The second kappa shape index (κ2) is 3.79. The summed E-state index contributed by atoms with van der Waals surface area (Å²) in [7, 11) is 5.59. The van der Waals surface area contributed by atoms with Gasteiger partial charge in [-0.15, -0.1) is 0 Å². The van der Waals surface area contributed by atoms with Gasteiger partial charge < -0.3 is 0 Å². The molecule has 0 N–H and O–H groups in total. The minimum atomic E-state index is -4.32. The number of nitrogens with zero attached hydrogens (tertiary/aromatic N) is 1. The van der Waals surface area contributed by atoms with E-state index in [1.165, 1.54) is 0 Å². The van der Waals surface area contributed by atoms with Gasteiger partial charge in [0.1, 0.15) is 0 Å². The van der Waals surface area contributed by atoms with E-state index in [4.69, 9.17) is 7.85 Å². The van der Waals surface area contributed by atoms with Gasteiger partial charge in [0.05, 0.1) is 13.4 Å². The zero-order chi connectivity index (χ0) is 11.9. The van der Waals surface area contributed by atoms with Crippen molar-refractivity contribution in [2.45, 2.75) is 37.7 Å². The lowest BCUT2D eigenvalue weighted by Gasteiger charge is -2.13. The van der Waals surface area contributed by atoms with E-state index in [1.807, 2.05) is 0 Å². The van der Waals surface area contributed by atoms with Crippen LogP contribution in [0.25, 0.3) is 0 Å². The molecular formula is C11H11BF3N. The van der Waals surface area contributed by atoms with Crippen molar-refractivity contribution < 1.29 is 13.2 Å². The Morgan fingerprint density at radius 2 is 2.00 bits per heavy atom. The lowest BCUT2D eigenvalue weighted by Crippen LogP contribution is -2.09. The van der Waals surface area contributed by atoms with Crippen LogP contribution in [0.5, 0.6) is 0 Å². The van der Waals surface area contributed by atoms with Crippen molar-refractivity contribution in [1.29, 1.82) is 0 Å². The maximum atomic E-state index is 12.6. The van der Waals surface area contributed by atoms with E-state index in [9.17, 15) is 13.2 Å². The highest BCUT2D eigenvalue weighted by molar-refractivity contribution is 6.11. The normalized spacial score (nSPS) is 18.5. The zero-order valence-electron chi connectivity index (χ0n) is 8.88. The van der Waals surface area contributed by atoms with Gasteiger partial charge in [0.15, 0.2) is 0 Å². The third kappa shape index (κ3) is 2.39. The molecule has 0 aromatic carbocycles. The molecule has 1 aliphatic carbocycles. The van der Waals surface area contributed by atoms with E-state index in [0.717, 1.165) is 25.0 Å². The van der Waals surface area contributed by atoms with Crippen LogP contribution in [0.15, 0.2) is 12.1 Å². The summed E-state index contributed by atoms with van der Waals surface area (Å²) >= 11 is 0. The fourth-order valence-electron chi connectivity index (χ4n) is 1.56. The Labute approximate surface area is 93.5 Å². The SMILES string of the molecule is [B]C(C)c1cc(C(F)(F)F)cc(C2CC2)n1. The smallest absolute Gasteiger partial charge is 0.258 e. The van der Waals surface area contributed by atoms with Gasteiger partial charge in [-0.3, -0.25) is 4.98 Å². The Balaban J connectivity index is 2.44. The van der Waals surface area contributed by atoms with Gasteiger partial charge in [0.2, 0.25) is 0 Å². The molecule has 1 unspecified atom stereocenters. The summed E-state index contributed by atoms with van der Waals surface area (Å²) in [5, 5.41) is 0.